The normalized spacial score (nSPS) is 29.1. The van der Waals surface area contributed by atoms with Crippen molar-refractivity contribution in [3.63, 3.8) is 0 Å². The molecule has 2 bridgehead atoms. The maximum atomic E-state index is 3.82. The Morgan fingerprint density at radius 3 is 2.67 bits per heavy atom. The molecule has 1 heteroatoms. The van der Waals surface area contributed by atoms with E-state index in [-0.39, 0.29) is 0 Å². The maximum absolute atomic E-state index is 3.82. The monoisotopic (exact) mass is 279 g/mol. The van der Waals surface area contributed by atoms with Crippen LogP contribution in [0.15, 0.2) is 42.5 Å². The standard InChI is InChI=1S/C20H25N/c1-2-21-20(19-13-14-10-11-16(19)12-14)18-9-5-7-15-6-3-4-8-17(15)18/h3-9,14,16,19-21H,2,10-13H2,1H3. The highest BCUT2D eigenvalue weighted by Gasteiger charge is 2.43. The Morgan fingerprint density at radius 2 is 1.90 bits per heavy atom. The van der Waals surface area contributed by atoms with Crippen LogP contribution < -0.4 is 5.32 Å². The van der Waals surface area contributed by atoms with Crippen molar-refractivity contribution in [3.05, 3.63) is 48.0 Å². The van der Waals surface area contributed by atoms with Gasteiger partial charge in [0.2, 0.25) is 0 Å². The van der Waals surface area contributed by atoms with Crippen LogP contribution in [0.5, 0.6) is 0 Å². The van der Waals surface area contributed by atoms with E-state index in [0.29, 0.717) is 6.04 Å². The van der Waals surface area contributed by atoms with Gasteiger partial charge < -0.3 is 5.32 Å². The van der Waals surface area contributed by atoms with Crippen molar-refractivity contribution < 1.29 is 0 Å². The van der Waals surface area contributed by atoms with Crippen molar-refractivity contribution in [2.24, 2.45) is 17.8 Å². The van der Waals surface area contributed by atoms with Crippen LogP contribution in [0.25, 0.3) is 10.8 Å². The minimum Gasteiger partial charge on any atom is -0.310 e. The van der Waals surface area contributed by atoms with E-state index < -0.39 is 0 Å². The number of hydrogen-bond acceptors (Lipinski definition) is 1. The van der Waals surface area contributed by atoms with Gasteiger partial charge in [-0.3, -0.25) is 0 Å². The molecule has 2 fully saturated rings. The zero-order chi connectivity index (χ0) is 14.2. The zero-order valence-electron chi connectivity index (χ0n) is 12.9. The number of benzene rings is 2. The first-order valence-corrected chi connectivity index (χ1v) is 8.58. The van der Waals surface area contributed by atoms with E-state index in [1.165, 1.54) is 42.0 Å². The SMILES string of the molecule is CCNC(c1cccc2ccccc12)C1CC2CCC1C2. The van der Waals surface area contributed by atoms with Gasteiger partial charge in [0.05, 0.1) is 0 Å². The van der Waals surface area contributed by atoms with Gasteiger partial charge in [0.25, 0.3) is 0 Å². The first-order chi connectivity index (χ1) is 10.4. The topological polar surface area (TPSA) is 12.0 Å². The van der Waals surface area contributed by atoms with E-state index in [0.717, 1.165) is 24.3 Å². The fraction of sp³-hybridized carbons (Fsp3) is 0.500. The molecule has 0 saturated heterocycles. The molecule has 0 heterocycles. The Labute approximate surface area is 127 Å². The summed E-state index contributed by atoms with van der Waals surface area (Å²) in [5.41, 5.74) is 1.52. The first-order valence-electron chi connectivity index (χ1n) is 8.58. The summed E-state index contributed by atoms with van der Waals surface area (Å²) < 4.78 is 0. The van der Waals surface area contributed by atoms with Gasteiger partial charge in [-0.15, -0.1) is 0 Å². The van der Waals surface area contributed by atoms with Crippen LogP contribution in [0.2, 0.25) is 0 Å². The molecule has 110 valence electrons. The van der Waals surface area contributed by atoms with E-state index in [4.69, 9.17) is 0 Å². The van der Waals surface area contributed by atoms with Gasteiger partial charge in [0, 0.05) is 6.04 Å². The molecule has 0 spiro atoms. The molecule has 2 aromatic carbocycles. The van der Waals surface area contributed by atoms with Gasteiger partial charge in [-0.05, 0) is 59.9 Å². The molecular formula is C20H25N. The smallest absolute Gasteiger partial charge is 0.0357 e. The molecule has 1 nitrogen and oxygen atoms in total. The van der Waals surface area contributed by atoms with Gasteiger partial charge in [-0.2, -0.15) is 0 Å². The Morgan fingerprint density at radius 1 is 1.05 bits per heavy atom. The highest BCUT2D eigenvalue weighted by molar-refractivity contribution is 5.86. The molecule has 1 N–H and O–H groups in total. The summed E-state index contributed by atoms with van der Waals surface area (Å²) >= 11 is 0. The fourth-order valence-electron chi connectivity index (χ4n) is 4.94. The molecule has 2 saturated carbocycles. The Balaban J connectivity index is 1.76. The largest absolute Gasteiger partial charge is 0.310 e. The minimum atomic E-state index is 0.538. The summed E-state index contributed by atoms with van der Waals surface area (Å²) in [6, 6.07) is 16.2. The fourth-order valence-corrected chi connectivity index (χ4v) is 4.94. The number of fused-ring (bicyclic) bond motifs is 3. The maximum Gasteiger partial charge on any atom is 0.0357 e. The van der Waals surface area contributed by atoms with Crippen molar-refractivity contribution in [1.82, 2.24) is 5.32 Å². The summed E-state index contributed by atoms with van der Waals surface area (Å²) in [5, 5.41) is 6.63. The van der Waals surface area contributed by atoms with Crippen LogP contribution in [0, 0.1) is 17.8 Å². The third-order valence-electron chi connectivity index (χ3n) is 5.80. The van der Waals surface area contributed by atoms with Crippen LogP contribution in [0.4, 0.5) is 0 Å². The molecule has 2 aromatic rings. The highest BCUT2D eigenvalue weighted by atomic mass is 14.9. The summed E-state index contributed by atoms with van der Waals surface area (Å²) in [6.45, 7) is 3.30. The molecule has 0 aromatic heterocycles. The molecule has 4 rings (SSSR count). The van der Waals surface area contributed by atoms with Gasteiger partial charge in [-0.1, -0.05) is 55.8 Å². The molecular weight excluding hydrogens is 254 g/mol. The Hall–Kier alpha value is -1.34. The van der Waals surface area contributed by atoms with E-state index in [1.54, 1.807) is 0 Å². The van der Waals surface area contributed by atoms with E-state index in [1.807, 2.05) is 0 Å². The van der Waals surface area contributed by atoms with Gasteiger partial charge in [0.15, 0.2) is 0 Å². The zero-order valence-corrected chi connectivity index (χ0v) is 12.9. The van der Waals surface area contributed by atoms with E-state index >= 15 is 0 Å². The van der Waals surface area contributed by atoms with Crippen LogP contribution >= 0.6 is 0 Å². The van der Waals surface area contributed by atoms with Crippen molar-refractivity contribution >= 4 is 10.8 Å². The molecule has 21 heavy (non-hydrogen) atoms. The summed E-state index contributed by atoms with van der Waals surface area (Å²) in [7, 11) is 0. The highest BCUT2D eigenvalue weighted by Crippen LogP contribution is 2.53. The molecule has 4 unspecified atom stereocenters. The second-order valence-electron chi connectivity index (χ2n) is 6.94. The molecule has 4 atom stereocenters. The molecule has 2 aliphatic rings. The lowest BCUT2D eigenvalue weighted by Crippen LogP contribution is -2.31. The number of nitrogens with one attached hydrogen (secondary N) is 1. The van der Waals surface area contributed by atoms with Gasteiger partial charge >= 0.3 is 0 Å². The third kappa shape index (κ3) is 2.28. The van der Waals surface area contributed by atoms with Crippen LogP contribution in [0.1, 0.15) is 44.2 Å². The number of rotatable bonds is 4. The van der Waals surface area contributed by atoms with E-state index in [2.05, 4.69) is 54.7 Å². The minimum absolute atomic E-state index is 0.538. The molecule has 0 radical (unpaired) electrons. The number of hydrogen-bond donors (Lipinski definition) is 1. The summed E-state index contributed by atoms with van der Waals surface area (Å²) in [5.74, 6) is 2.81. The lowest BCUT2D eigenvalue weighted by atomic mass is 9.79. The van der Waals surface area contributed by atoms with Crippen LogP contribution in [-0.4, -0.2) is 6.54 Å². The average Bonchev–Trinajstić information content (AvgIpc) is 3.15. The van der Waals surface area contributed by atoms with Crippen LogP contribution in [-0.2, 0) is 0 Å². The molecule has 2 aliphatic carbocycles. The summed E-state index contributed by atoms with van der Waals surface area (Å²) in [6.07, 6.45) is 5.86. The van der Waals surface area contributed by atoms with Crippen molar-refractivity contribution in [3.8, 4) is 0 Å². The van der Waals surface area contributed by atoms with E-state index in [9.17, 15) is 0 Å². The quantitative estimate of drug-likeness (QED) is 0.837. The van der Waals surface area contributed by atoms with Crippen molar-refractivity contribution in [2.75, 3.05) is 6.54 Å². The third-order valence-corrected chi connectivity index (χ3v) is 5.80. The van der Waals surface area contributed by atoms with Gasteiger partial charge in [-0.25, -0.2) is 0 Å². The Bertz CT molecular complexity index is 627. The summed E-state index contributed by atoms with van der Waals surface area (Å²) in [4.78, 5) is 0. The first kappa shape index (κ1) is 13.3. The van der Waals surface area contributed by atoms with Crippen molar-refractivity contribution in [2.45, 2.75) is 38.6 Å². The predicted octanol–water partition coefficient (Wildman–Crippen LogP) is 4.93. The predicted molar refractivity (Wildman–Crippen MR) is 89.3 cm³/mol. The second kappa shape index (κ2) is 5.46. The van der Waals surface area contributed by atoms with Gasteiger partial charge in [0.1, 0.15) is 0 Å². The lowest BCUT2D eigenvalue weighted by Gasteiger charge is -2.32. The van der Waals surface area contributed by atoms with Crippen molar-refractivity contribution in [1.29, 1.82) is 0 Å². The lowest BCUT2D eigenvalue weighted by molar-refractivity contribution is 0.254. The van der Waals surface area contributed by atoms with Crippen LogP contribution in [0.3, 0.4) is 0 Å². The molecule has 0 aliphatic heterocycles. The Kier molecular flexibility index (Phi) is 3.46. The molecule has 0 amide bonds. The second-order valence-corrected chi connectivity index (χ2v) is 6.94. The average molecular weight is 279 g/mol.